The van der Waals surface area contributed by atoms with Gasteiger partial charge in [0.1, 0.15) is 0 Å². The van der Waals surface area contributed by atoms with Crippen molar-refractivity contribution in [2.24, 2.45) is 5.41 Å². The molecule has 0 radical (unpaired) electrons. The zero-order valence-corrected chi connectivity index (χ0v) is 11.3. The van der Waals surface area contributed by atoms with Gasteiger partial charge >= 0.3 is 0 Å². The molecular formula is C15H19N3O. The Balaban J connectivity index is 1.88. The third-order valence-corrected chi connectivity index (χ3v) is 3.67. The number of piperidine rings is 1. The summed E-state index contributed by atoms with van der Waals surface area (Å²) in [6.45, 7) is 3.28. The van der Waals surface area contributed by atoms with Gasteiger partial charge in [0.05, 0.1) is 11.5 Å². The van der Waals surface area contributed by atoms with E-state index in [2.05, 4.69) is 11.1 Å². The second-order valence-corrected chi connectivity index (χ2v) is 5.45. The maximum Gasteiger partial charge on any atom is 0.222 e. The molecule has 19 heavy (non-hydrogen) atoms. The molecular weight excluding hydrogens is 238 g/mol. The molecule has 1 aliphatic heterocycles. The number of rotatable bonds is 3. The molecule has 100 valence electrons. The second-order valence-electron chi connectivity index (χ2n) is 5.45. The summed E-state index contributed by atoms with van der Waals surface area (Å²) in [6, 6.07) is 6.20. The van der Waals surface area contributed by atoms with Gasteiger partial charge < -0.3 is 4.90 Å². The van der Waals surface area contributed by atoms with Crippen molar-refractivity contribution in [2.45, 2.75) is 32.6 Å². The lowest BCUT2D eigenvalue weighted by Crippen LogP contribution is -2.44. The monoisotopic (exact) mass is 257 g/mol. The molecule has 0 N–H and O–H groups in total. The van der Waals surface area contributed by atoms with Crippen molar-refractivity contribution in [3.05, 3.63) is 30.1 Å². The number of pyridine rings is 1. The zero-order valence-electron chi connectivity index (χ0n) is 11.3. The topological polar surface area (TPSA) is 57.0 Å². The highest BCUT2D eigenvalue weighted by Crippen LogP contribution is 2.28. The number of hydrogen-bond acceptors (Lipinski definition) is 3. The molecule has 1 aliphatic rings. The molecule has 2 rings (SSSR count). The minimum atomic E-state index is -0.373. The van der Waals surface area contributed by atoms with Gasteiger partial charge in [-0.25, -0.2) is 0 Å². The van der Waals surface area contributed by atoms with E-state index in [-0.39, 0.29) is 11.3 Å². The first-order chi connectivity index (χ1) is 9.13. The van der Waals surface area contributed by atoms with E-state index in [0.717, 1.165) is 24.9 Å². The van der Waals surface area contributed by atoms with Gasteiger partial charge in [0.15, 0.2) is 0 Å². The highest BCUT2D eigenvalue weighted by Gasteiger charge is 2.32. The van der Waals surface area contributed by atoms with E-state index >= 15 is 0 Å². The zero-order chi connectivity index (χ0) is 13.7. The minimum absolute atomic E-state index is 0.144. The fourth-order valence-electron chi connectivity index (χ4n) is 2.50. The van der Waals surface area contributed by atoms with Crippen molar-refractivity contribution in [3.63, 3.8) is 0 Å². The molecule has 1 fully saturated rings. The average Bonchev–Trinajstić information content (AvgIpc) is 2.46. The van der Waals surface area contributed by atoms with Gasteiger partial charge in [-0.15, -0.1) is 0 Å². The molecule has 1 aromatic heterocycles. The number of amides is 1. The van der Waals surface area contributed by atoms with E-state index < -0.39 is 0 Å². The molecule has 2 heterocycles. The van der Waals surface area contributed by atoms with Gasteiger partial charge in [-0.1, -0.05) is 6.07 Å². The molecule has 4 nitrogen and oxygen atoms in total. The van der Waals surface area contributed by atoms with Crippen molar-refractivity contribution in [3.8, 4) is 6.07 Å². The molecule has 1 saturated heterocycles. The van der Waals surface area contributed by atoms with E-state index in [1.807, 2.05) is 24.0 Å². The van der Waals surface area contributed by atoms with Gasteiger partial charge in [-0.05, 0) is 37.8 Å². The first kappa shape index (κ1) is 13.5. The smallest absolute Gasteiger partial charge is 0.222 e. The van der Waals surface area contributed by atoms with Crippen LogP contribution >= 0.6 is 0 Å². The Labute approximate surface area is 114 Å². The highest BCUT2D eigenvalue weighted by atomic mass is 16.2. The molecule has 1 aromatic rings. The Bertz CT molecular complexity index is 480. The van der Waals surface area contributed by atoms with Crippen LogP contribution in [-0.2, 0) is 11.2 Å². The molecule has 0 spiro atoms. The van der Waals surface area contributed by atoms with Crippen LogP contribution in [0.15, 0.2) is 24.5 Å². The molecule has 0 unspecified atom stereocenters. The van der Waals surface area contributed by atoms with Gasteiger partial charge in [0, 0.05) is 31.9 Å². The molecule has 1 amide bonds. The maximum absolute atomic E-state index is 12.2. The summed E-state index contributed by atoms with van der Waals surface area (Å²) in [4.78, 5) is 18.1. The molecule has 4 heteroatoms. The summed E-state index contributed by atoms with van der Waals surface area (Å²) in [5.74, 6) is 0.144. The quantitative estimate of drug-likeness (QED) is 0.833. The molecule has 1 atom stereocenters. The Kier molecular flexibility index (Phi) is 4.16. The second kappa shape index (κ2) is 5.83. The van der Waals surface area contributed by atoms with Crippen LogP contribution in [0.3, 0.4) is 0 Å². The Morgan fingerprint density at radius 3 is 3.16 bits per heavy atom. The largest absolute Gasteiger partial charge is 0.341 e. The normalized spacial score (nSPS) is 22.8. The number of aryl methyl sites for hydroxylation is 1. The predicted molar refractivity (Wildman–Crippen MR) is 72.1 cm³/mol. The third-order valence-electron chi connectivity index (χ3n) is 3.67. The van der Waals surface area contributed by atoms with Crippen LogP contribution in [0.1, 0.15) is 31.7 Å². The first-order valence-corrected chi connectivity index (χ1v) is 6.71. The lowest BCUT2D eigenvalue weighted by Gasteiger charge is -2.36. The fourth-order valence-corrected chi connectivity index (χ4v) is 2.50. The molecule has 0 saturated carbocycles. The van der Waals surface area contributed by atoms with Gasteiger partial charge in [0.2, 0.25) is 5.91 Å². The van der Waals surface area contributed by atoms with Gasteiger partial charge in [-0.2, -0.15) is 5.26 Å². The first-order valence-electron chi connectivity index (χ1n) is 6.71. The minimum Gasteiger partial charge on any atom is -0.341 e. The number of carbonyl (C=O) groups is 1. The third kappa shape index (κ3) is 3.54. The number of nitriles is 1. The number of nitrogens with zero attached hydrogens (tertiary/aromatic N) is 3. The number of carbonyl (C=O) groups excluding carboxylic acids is 1. The Morgan fingerprint density at radius 1 is 1.63 bits per heavy atom. The number of likely N-dealkylation sites (tertiary alicyclic amines) is 1. The lowest BCUT2D eigenvalue weighted by molar-refractivity contribution is -0.133. The summed E-state index contributed by atoms with van der Waals surface area (Å²) in [7, 11) is 0. The van der Waals surface area contributed by atoms with Crippen LogP contribution in [0.4, 0.5) is 0 Å². The summed E-state index contributed by atoms with van der Waals surface area (Å²) in [6.07, 6.45) is 6.54. The van der Waals surface area contributed by atoms with Crippen molar-refractivity contribution in [1.29, 1.82) is 5.26 Å². The standard InChI is InChI=1S/C15H19N3O/c1-15(11-16)7-3-9-18(12-15)14(19)6-5-13-4-2-8-17-10-13/h2,4,8,10H,3,5-7,9,12H2,1H3/t15-/m1/s1. The molecule has 0 aromatic carbocycles. The van der Waals surface area contributed by atoms with Crippen LogP contribution in [0.5, 0.6) is 0 Å². The van der Waals surface area contributed by atoms with E-state index in [0.29, 0.717) is 19.4 Å². The van der Waals surface area contributed by atoms with Crippen LogP contribution in [0.25, 0.3) is 0 Å². The summed E-state index contributed by atoms with van der Waals surface area (Å²) in [5.41, 5.74) is 0.707. The van der Waals surface area contributed by atoms with Crippen molar-refractivity contribution >= 4 is 5.91 Å². The fraction of sp³-hybridized carbons (Fsp3) is 0.533. The number of hydrogen-bond donors (Lipinski definition) is 0. The SMILES string of the molecule is C[C@]1(C#N)CCCN(C(=O)CCc2cccnc2)C1. The van der Waals surface area contributed by atoms with E-state index in [1.54, 1.807) is 12.4 Å². The van der Waals surface area contributed by atoms with Crippen LogP contribution in [0.2, 0.25) is 0 Å². The number of aromatic nitrogens is 1. The highest BCUT2D eigenvalue weighted by molar-refractivity contribution is 5.76. The Morgan fingerprint density at radius 2 is 2.47 bits per heavy atom. The summed E-state index contributed by atoms with van der Waals surface area (Å²) in [5, 5.41) is 9.16. The summed E-state index contributed by atoms with van der Waals surface area (Å²) < 4.78 is 0. The maximum atomic E-state index is 12.2. The van der Waals surface area contributed by atoms with Crippen molar-refractivity contribution in [1.82, 2.24) is 9.88 Å². The summed E-state index contributed by atoms with van der Waals surface area (Å²) >= 11 is 0. The van der Waals surface area contributed by atoms with Gasteiger partial charge in [0.25, 0.3) is 0 Å². The lowest BCUT2D eigenvalue weighted by atomic mass is 9.83. The van der Waals surface area contributed by atoms with Crippen LogP contribution < -0.4 is 0 Å². The van der Waals surface area contributed by atoms with Crippen LogP contribution in [-0.4, -0.2) is 28.9 Å². The van der Waals surface area contributed by atoms with Crippen molar-refractivity contribution < 1.29 is 4.79 Å². The van der Waals surface area contributed by atoms with Crippen molar-refractivity contribution in [2.75, 3.05) is 13.1 Å². The van der Waals surface area contributed by atoms with Crippen LogP contribution in [0, 0.1) is 16.7 Å². The van der Waals surface area contributed by atoms with E-state index in [9.17, 15) is 4.79 Å². The molecule has 0 bridgehead atoms. The Hall–Kier alpha value is -1.89. The predicted octanol–water partition coefficient (Wildman–Crippen LogP) is 2.17. The average molecular weight is 257 g/mol. The van der Waals surface area contributed by atoms with E-state index in [1.165, 1.54) is 0 Å². The van der Waals surface area contributed by atoms with E-state index in [4.69, 9.17) is 5.26 Å². The molecule has 0 aliphatic carbocycles. The van der Waals surface area contributed by atoms with Gasteiger partial charge in [-0.3, -0.25) is 9.78 Å².